The van der Waals surface area contributed by atoms with Crippen LogP contribution >= 0.6 is 0 Å². The predicted octanol–water partition coefficient (Wildman–Crippen LogP) is 1.85. The number of hydrogen-bond donors (Lipinski definition) is 2. The van der Waals surface area contributed by atoms with Gasteiger partial charge >= 0.3 is 5.69 Å². The summed E-state index contributed by atoms with van der Waals surface area (Å²) >= 11 is 0. The molecule has 0 spiro atoms. The molecule has 0 bridgehead atoms. The van der Waals surface area contributed by atoms with Crippen LogP contribution in [0.5, 0.6) is 5.75 Å². The van der Waals surface area contributed by atoms with Gasteiger partial charge in [0.1, 0.15) is 0 Å². The average Bonchev–Trinajstić information content (AvgIpc) is 2.35. The number of nitrogens with zero attached hydrogens (tertiary/aromatic N) is 1. The minimum absolute atomic E-state index is 0.0501. The number of rotatable bonds is 8. The molecular formula is C13H20N2O4. The molecule has 0 saturated heterocycles. The van der Waals surface area contributed by atoms with Gasteiger partial charge in [-0.1, -0.05) is 13.0 Å². The van der Waals surface area contributed by atoms with Crippen molar-refractivity contribution in [3.63, 3.8) is 0 Å². The van der Waals surface area contributed by atoms with Crippen molar-refractivity contribution >= 4 is 5.69 Å². The summed E-state index contributed by atoms with van der Waals surface area (Å²) in [5.41, 5.74) is 0.880. The van der Waals surface area contributed by atoms with E-state index in [4.69, 9.17) is 9.84 Å². The summed E-state index contributed by atoms with van der Waals surface area (Å²) in [7, 11) is 0. The Kier molecular flexibility index (Phi) is 6.24. The van der Waals surface area contributed by atoms with Crippen molar-refractivity contribution in [2.24, 2.45) is 0 Å². The second-order valence-corrected chi connectivity index (χ2v) is 4.33. The lowest BCUT2D eigenvalue weighted by atomic mass is 10.2. The molecule has 0 amide bonds. The van der Waals surface area contributed by atoms with E-state index < -0.39 is 11.0 Å². The molecule has 0 aliphatic carbocycles. The van der Waals surface area contributed by atoms with E-state index in [1.54, 1.807) is 19.1 Å². The maximum atomic E-state index is 10.9. The lowest BCUT2D eigenvalue weighted by Crippen LogP contribution is -2.12. The van der Waals surface area contributed by atoms with Crippen molar-refractivity contribution < 1.29 is 14.8 Å². The first kappa shape index (κ1) is 15.4. The number of ether oxygens (including phenoxy) is 1. The average molecular weight is 268 g/mol. The van der Waals surface area contributed by atoms with Gasteiger partial charge in [0.25, 0.3) is 0 Å². The van der Waals surface area contributed by atoms with Crippen LogP contribution in [-0.2, 0) is 6.54 Å². The Labute approximate surface area is 112 Å². The highest BCUT2D eigenvalue weighted by Gasteiger charge is 2.15. The van der Waals surface area contributed by atoms with E-state index in [0.29, 0.717) is 13.0 Å². The third kappa shape index (κ3) is 5.23. The molecule has 0 aliphatic rings. The Morgan fingerprint density at radius 1 is 1.53 bits per heavy atom. The van der Waals surface area contributed by atoms with Crippen molar-refractivity contribution in [3.8, 4) is 5.75 Å². The number of aliphatic hydroxyl groups excluding tert-OH is 1. The largest absolute Gasteiger partial charge is 0.487 e. The molecule has 6 nitrogen and oxygen atoms in total. The van der Waals surface area contributed by atoms with Gasteiger partial charge in [-0.25, -0.2) is 0 Å². The highest BCUT2D eigenvalue weighted by atomic mass is 16.6. The van der Waals surface area contributed by atoms with Crippen molar-refractivity contribution in [1.29, 1.82) is 0 Å². The van der Waals surface area contributed by atoms with E-state index in [1.807, 2.05) is 6.92 Å². The summed E-state index contributed by atoms with van der Waals surface area (Å²) in [6.45, 7) is 5.37. The summed E-state index contributed by atoms with van der Waals surface area (Å²) in [5.74, 6) is 0.251. The van der Waals surface area contributed by atoms with E-state index in [-0.39, 0.29) is 18.0 Å². The van der Waals surface area contributed by atoms with E-state index >= 15 is 0 Å². The molecule has 2 N–H and O–H groups in total. The molecule has 1 aromatic carbocycles. The number of nitro benzene ring substituents is 1. The molecule has 106 valence electrons. The second-order valence-electron chi connectivity index (χ2n) is 4.33. The molecule has 0 aliphatic heterocycles. The Bertz CT molecular complexity index is 421. The summed E-state index contributed by atoms with van der Waals surface area (Å²) in [6, 6.07) is 4.83. The molecule has 1 unspecified atom stereocenters. The molecule has 1 rings (SSSR count). The summed E-state index contributed by atoms with van der Waals surface area (Å²) in [4.78, 5) is 10.4. The van der Waals surface area contributed by atoms with E-state index in [2.05, 4.69) is 5.32 Å². The standard InChI is InChI=1S/C13H20N2O4/c1-3-14-9-11-4-5-12(15(17)18)13(8-11)19-7-6-10(2)16/h4-5,8,10,14,16H,3,6-7,9H2,1-2H3. The van der Waals surface area contributed by atoms with E-state index in [1.165, 1.54) is 6.07 Å². The molecule has 19 heavy (non-hydrogen) atoms. The van der Waals surface area contributed by atoms with E-state index in [0.717, 1.165) is 12.1 Å². The Hall–Kier alpha value is -1.66. The molecule has 1 aromatic rings. The van der Waals surface area contributed by atoms with Crippen LogP contribution in [0.3, 0.4) is 0 Å². The van der Waals surface area contributed by atoms with Crippen LogP contribution in [0.2, 0.25) is 0 Å². The number of nitrogens with one attached hydrogen (secondary N) is 1. The van der Waals surface area contributed by atoms with Gasteiger partial charge in [-0.15, -0.1) is 0 Å². The SMILES string of the molecule is CCNCc1ccc([N+](=O)[O-])c(OCCC(C)O)c1. The van der Waals surface area contributed by atoms with Crippen LogP contribution in [0, 0.1) is 10.1 Å². The normalized spacial score (nSPS) is 12.2. The lowest BCUT2D eigenvalue weighted by molar-refractivity contribution is -0.385. The third-order valence-electron chi connectivity index (χ3n) is 2.59. The highest BCUT2D eigenvalue weighted by molar-refractivity contribution is 5.48. The molecule has 1 atom stereocenters. The minimum Gasteiger partial charge on any atom is -0.487 e. The number of aliphatic hydroxyl groups is 1. The number of benzene rings is 1. The topological polar surface area (TPSA) is 84.6 Å². The first-order valence-corrected chi connectivity index (χ1v) is 6.33. The van der Waals surface area contributed by atoms with Crippen LogP contribution < -0.4 is 10.1 Å². The maximum Gasteiger partial charge on any atom is 0.310 e. The quantitative estimate of drug-likeness (QED) is 0.555. The van der Waals surface area contributed by atoms with Crippen LogP contribution in [-0.4, -0.2) is 29.3 Å². The molecule has 0 radical (unpaired) electrons. The third-order valence-corrected chi connectivity index (χ3v) is 2.59. The van der Waals surface area contributed by atoms with Crippen LogP contribution in [0.15, 0.2) is 18.2 Å². The highest BCUT2D eigenvalue weighted by Crippen LogP contribution is 2.28. The molecule has 0 heterocycles. The van der Waals surface area contributed by atoms with Gasteiger partial charge in [-0.3, -0.25) is 10.1 Å². The van der Waals surface area contributed by atoms with Gasteiger partial charge < -0.3 is 15.2 Å². The molecule has 0 saturated carbocycles. The van der Waals surface area contributed by atoms with Crippen LogP contribution in [0.25, 0.3) is 0 Å². The van der Waals surface area contributed by atoms with Crippen LogP contribution in [0.4, 0.5) is 5.69 Å². The molecule has 0 aromatic heterocycles. The first-order chi connectivity index (χ1) is 9.04. The van der Waals surface area contributed by atoms with Gasteiger partial charge in [0.05, 0.1) is 17.6 Å². The van der Waals surface area contributed by atoms with Gasteiger partial charge in [-0.2, -0.15) is 0 Å². The summed E-state index contributed by atoms with van der Waals surface area (Å²) < 4.78 is 5.40. The minimum atomic E-state index is -0.482. The van der Waals surface area contributed by atoms with E-state index in [9.17, 15) is 10.1 Å². The van der Waals surface area contributed by atoms with Crippen molar-refractivity contribution in [2.45, 2.75) is 32.9 Å². The predicted molar refractivity (Wildman–Crippen MR) is 72.3 cm³/mol. The van der Waals surface area contributed by atoms with Crippen molar-refractivity contribution in [2.75, 3.05) is 13.2 Å². The summed E-state index contributed by atoms with van der Waals surface area (Å²) in [6.07, 6.45) is -0.0433. The van der Waals surface area contributed by atoms with Gasteiger partial charge in [-0.05, 0) is 25.1 Å². The van der Waals surface area contributed by atoms with Crippen molar-refractivity contribution in [1.82, 2.24) is 5.32 Å². The smallest absolute Gasteiger partial charge is 0.310 e. The lowest BCUT2D eigenvalue weighted by Gasteiger charge is -2.10. The molecule has 0 fully saturated rings. The fourth-order valence-electron chi connectivity index (χ4n) is 1.54. The Balaban J connectivity index is 2.79. The van der Waals surface area contributed by atoms with Crippen molar-refractivity contribution in [3.05, 3.63) is 33.9 Å². The number of hydrogen-bond acceptors (Lipinski definition) is 5. The Morgan fingerprint density at radius 2 is 2.26 bits per heavy atom. The monoisotopic (exact) mass is 268 g/mol. The molecular weight excluding hydrogens is 248 g/mol. The Morgan fingerprint density at radius 3 is 2.84 bits per heavy atom. The van der Waals surface area contributed by atoms with Gasteiger partial charge in [0.15, 0.2) is 5.75 Å². The second kappa shape index (κ2) is 7.70. The first-order valence-electron chi connectivity index (χ1n) is 6.33. The van der Waals surface area contributed by atoms with Crippen LogP contribution in [0.1, 0.15) is 25.8 Å². The number of nitro groups is 1. The van der Waals surface area contributed by atoms with Gasteiger partial charge in [0.2, 0.25) is 0 Å². The summed E-state index contributed by atoms with van der Waals surface area (Å²) in [5, 5.41) is 23.2. The zero-order valence-corrected chi connectivity index (χ0v) is 11.3. The zero-order valence-electron chi connectivity index (χ0n) is 11.3. The maximum absolute atomic E-state index is 10.9. The van der Waals surface area contributed by atoms with Gasteiger partial charge in [0, 0.05) is 19.0 Å². The zero-order chi connectivity index (χ0) is 14.3. The fraction of sp³-hybridized carbons (Fsp3) is 0.538. The molecule has 6 heteroatoms. The fourth-order valence-corrected chi connectivity index (χ4v) is 1.54.